The number of hydrogen-bond acceptors (Lipinski definition) is 10. The zero-order chi connectivity index (χ0) is 45.9. The van der Waals surface area contributed by atoms with E-state index in [-0.39, 0.29) is 0 Å². The van der Waals surface area contributed by atoms with Crippen LogP contribution in [0.4, 0.5) is 0 Å². The Morgan fingerprint density at radius 3 is 0.985 bits per heavy atom. The predicted molar refractivity (Wildman–Crippen MR) is 257 cm³/mol. The van der Waals surface area contributed by atoms with Gasteiger partial charge in [-0.15, -0.1) is 0 Å². The number of aromatic nitrogens is 4. The van der Waals surface area contributed by atoms with Crippen molar-refractivity contribution in [2.75, 3.05) is 56.9 Å². The van der Waals surface area contributed by atoms with Crippen LogP contribution in [-0.4, -0.2) is 76.8 Å². The van der Waals surface area contributed by atoms with Crippen molar-refractivity contribution in [2.24, 2.45) is 0 Å². The third kappa shape index (κ3) is 8.22. The van der Waals surface area contributed by atoms with E-state index < -0.39 is 0 Å². The molecule has 0 unspecified atom stereocenters. The van der Waals surface area contributed by atoms with Gasteiger partial charge in [-0.25, -0.2) is 9.97 Å². The number of rotatable bonds is 14. The predicted octanol–water partition coefficient (Wildman–Crippen LogP) is 11.1. The Kier molecular flexibility index (Phi) is 12.3. The lowest BCUT2D eigenvalue weighted by molar-refractivity contribution is 0.355. The van der Waals surface area contributed by atoms with E-state index in [0.717, 1.165) is 105 Å². The molecule has 6 aromatic carbocycles. The number of nitrogens with one attached hydrogen (secondary N) is 2. The van der Waals surface area contributed by atoms with E-state index in [1.165, 1.54) is 11.1 Å². The van der Waals surface area contributed by atoms with Crippen molar-refractivity contribution in [1.29, 1.82) is 0 Å². The van der Waals surface area contributed by atoms with E-state index in [1.807, 2.05) is 72.8 Å². The maximum atomic E-state index is 5.74. The van der Waals surface area contributed by atoms with Crippen LogP contribution < -0.4 is 37.9 Å². The van der Waals surface area contributed by atoms with E-state index in [1.54, 1.807) is 56.9 Å². The second-order valence-corrected chi connectivity index (χ2v) is 15.9. The first-order valence-corrected chi connectivity index (χ1v) is 21.6. The second kappa shape index (κ2) is 18.7. The topological polar surface area (TPSA) is 131 Å². The Morgan fingerprint density at radius 2 is 0.652 bits per heavy atom. The minimum atomic E-state index is 0.611. The number of benzene rings is 6. The van der Waals surface area contributed by atoms with Gasteiger partial charge in [-0.2, -0.15) is 0 Å². The van der Waals surface area contributed by atoms with E-state index in [9.17, 15) is 0 Å². The van der Waals surface area contributed by atoms with Gasteiger partial charge in [0.25, 0.3) is 0 Å². The molecule has 4 aliphatic carbocycles. The van der Waals surface area contributed by atoms with Crippen molar-refractivity contribution in [3.05, 3.63) is 131 Å². The highest BCUT2D eigenvalue weighted by Crippen LogP contribution is 2.43. The third-order valence-corrected chi connectivity index (χ3v) is 12.3. The van der Waals surface area contributed by atoms with Gasteiger partial charge in [0, 0.05) is 33.4 Å². The lowest BCUT2D eigenvalue weighted by atomic mass is 9.90. The van der Waals surface area contributed by atoms with Crippen LogP contribution in [0.25, 0.3) is 67.8 Å². The molecule has 0 radical (unpaired) electrons. The Hall–Kier alpha value is -7.86. The van der Waals surface area contributed by atoms with Gasteiger partial charge < -0.3 is 47.9 Å². The molecule has 2 heterocycles. The first kappa shape index (κ1) is 43.4. The number of aryl methyl sites for hydroxylation is 4. The largest absolute Gasteiger partial charge is 0.493 e. The number of H-pyrrole nitrogens is 2. The molecular formula is C54H52N4O8. The summed E-state index contributed by atoms with van der Waals surface area (Å²) in [6, 6.07) is 37.1. The van der Waals surface area contributed by atoms with E-state index in [2.05, 4.69) is 46.4 Å². The molecule has 66 heavy (non-hydrogen) atoms. The summed E-state index contributed by atoms with van der Waals surface area (Å²) < 4.78 is 45.3. The van der Waals surface area contributed by atoms with Crippen LogP contribution in [0.3, 0.4) is 0 Å². The maximum Gasteiger partial charge on any atom is 0.161 e. The van der Waals surface area contributed by atoms with Crippen molar-refractivity contribution in [3.8, 4) is 114 Å². The van der Waals surface area contributed by atoms with Crippen LogP contribution in [-0.2, 0) is 25.7 Å². The van der Waals surface area contributed by atoms with Gasteiger partial charge in [0.05, 0.1) is 79.7 Å². The van der Waals surface area contributed by atoms with Gasteiger partial charge in [0.1, 0.15) is 11.6 Å². The summed E-state index contributed by atoms with van der Waals surface area (Å²) in [7, 11) is 13.1. The average Bonchev–Trinajstić information content (AvgIpc) is 4.02. The average molecular weight is 885 g/mol. The third-order valence-electron chi connectivity index (χ3n) is 12.3. The molecule has 0 atom stereocenters. The number of nitrogens with zero attached hydrogens (tertiary/aromatic N) is 2. The normalized spacial score (nSPS) is 12.0. The van der Waals surface area contributed by atoms with Crippen molar-refractivity contribution in [2.45, 2.75) is 25.7 Å². The molecule has 12 rings (SSSR count). The maximum absolute atomic E-state index is 5.74. The van der Waals surface area contributed by atoms with E-state index in [4.69, 9.17) is 47.9 Å². The second-order valence-electron chi connectivity index (χ2n) is 15.9. The molecule has 0 saturated carbocycles. The molecule has 12 nitrogen and oxygen atoms in total. The molecule has 0 fully saturated rings. The van der Waals surface area contributed by atoms with Crippen LogP contribution >= 0.6 is 0 Å². The van der Waals surface area contributed by atoms with Gasteiger partial charge in [-0.1, -0.05) is 24.3 Å². The highest BCUT2D eigenvalue weighted by Gasteiger charge is 2.24. The Balaban J connectivity index is 1.15. The summed E-state index contributed by atoms with van der Waals surface area (Å²) in [6.07, 6.45) is 3.13. The van der Waals surface area contributed by atoms with E-state index in [0.29, 0.717) is 46.0 Å². The number of hydrogen-bond donors (Lipinski definition) is 2. The van der Waals surface area contributed by atoms with Gasteiger partial charge in [-0.05, 0) is 133 Å². The quantitative estimate of drug-likeness (QED) is 0.109. The van der Waals surface area contributed by atoms with Gasteiger partial charge >= 0.3 is 0 Å². The lowest BCUT2D eigenvalue weighted by Crippen LogP contribution is -2.03. The van der Waals surface area contributed by atoms with Crippen LogP contribution in [0, 0.1) is 0 Å². The summed E-state index contributed by atoms with van der Waals surface area (Å²) in [5, 5.41) is 0. The van der Waals surface area contributed by atoms with Crippen molar-refractivity contribution in [3.63, 3.8) is 0 Å². The Bertz CT molecular complexity index is 2710. The molecule has 336 valence electrons. The Morgan fingerprint density at radius 1 is 0.333 bits per heavy atom. The number of aromatic amines is 2. The summed E-state index contributed by atoms with van der Waals surface area (Å²) in [5.74, 6) is 6.53. The van der Waals surface area contributed by atoms with Crippen LogP contribution in [0.5, 0.6) is 46.0 Å². The van der Waals surface area contributed by atoms with Gasteiger partial charge in [0.2, 0.25) is 0 Å². The smallest absolute Gasteiger partial charge is 0.161 e. The van der Waals surface area contributed by atoms with Crippen molar-refractivity contribution >= 4 is 0 Å². The molecule has 8 aromatic rings. The molecule has 0 aliphatic heterocycles. The molecule has 0 saturated heterocycles. The highest BCUT2D eigenvalue weighted by molar-refractivity contribution is 5.85. The molecule has 4 aliphatic rings. The molecule has 4 bridgehead atoms. The zero-order valence-corrected chi connectivity index (χ0v) is 38.4. The highest BCUT2D eigenvalue weighted by atomic mass is 16.5. The minimum absolute atomic E-state index is 0.611. The summed E-state index contributed by atoms with van der Waals surface area (Å²) >= 11 is 0. The zero-order valence-electron chi connectivity index (χ0n) is 38.4. The fourth-order valence-corrected chi connectivity index (χ4v) is 8.78. The SMILES string of the molecule is COc1ccc(-c2nc(-c3cc4ccc3CCc3ccc(cc3-c3nc(-c5ccc(OC)c(OC)c5)c(-c5ccc(OC)c(OC)c5)[nH]3)CC4)[nH]c2-c2ccc(OC)c(OC)c2)cc1OC. The minimum Gasteiger partial charge on any atom is -0.493 e. The summed E-state index contributed by atoms with van der Waals surface area (Å²) in [6.45, 7) is 0. The van der Waals surface area contributed by atoms with Gasteiger partial charge in [0.15, 0.2) is 46.0 Å². The monoisotopic (exact) mass is 884 g/mol. The summed E-state index contributed by atoms with van der Waals surface area (Å²) in [5.41, 5.74) is 13.6. The molecule has 0 amide bonds. The summed E-state index contributed by atoms with van der Waals surface area (Å²) in [4.78, 5) is 18.3. The van der Waals surface area contributed by atoms with Crippen LogP contribution in [0.15, 0.2) is 109 Å². The molecular weight excluding hydrogens is 833 g/mol. The molecule has 2 N–H and O–H groups in total. The molecule has 0 spiro atoms. The van der Waals surface area contributed by atoms with Crippen molar-refractivity contribution < 1.29 is 37.9 Å². The fraction of sp³-hybridized carbons (Fsp3) is 0.222. The first-order valence-electron chi connectivity index (χ1n) is 21.6. The van der Waals surface area contributed by atoms with Crippen LogP contribution in [0.1, 0.15) is 22.3 Å². The Labute approximate surface area is 384 Å². The lowest BCUT2D eigenvalue weighted by Gasteiger charge is -2.16. The first-order chi connectivity index (χ1) is 32.3. The van der Waals surface area contributed by atoms with Crippen LogP contribution in [0.2, 0.25) is 0 Å². The fourth-order valence-electron chi connectivity index (χ4n) is 8.78. The molecule has 12 heteroatoms. The van der Waals surface area contributed by atoms with E-state index >= 15 is 0 Å². The number of ether oxygens (including phenoxy) is 8. The standard InChI is InChI=1S/C54H52N4O8/c1-59-41-21-17-35(27-45(41)63-5)49-50(36-18-22-42(60-2)46(28-36)64-6)56-53(55-49)39-25-31-9-10-32-12-14-34(16-15-33(39)13-11-31)40(26-32)54-57-51(37-19-23-43(61-3)47(29-37)65-7)52(58-54)38-20-24-44(62-4)48(30-38)66-8/h11-14,17-30H,9-10,15-16H2,1-8H3,(H,55,56)(H,57,58). The van der Waals surface area contributed by atoms with Gasteiger partial charge in [-0.3, -0.25) is 0 Å². The molecule has 2 aromatic heterocycles. The van der Waals surface area contributed by atoms with Crippen molar-refractivity contribution in [1.82, 2.24) is 19.9 Å². The number of imidazole rings is 2. The number of methoxy groups -OCH3 is 8.